The monoisotopic (exact) mass is 331 g/mol. The van der Waals surface area contributed by atoms with Crippen molar-refractivity contribution in [1.82, 2.24) is 4.89 Å². The van der Waals surface area contributed by atoms with E-state index < -0.39 is 0 Å². The molecule has 0 amide bonds. The van der Waals surface area contributed by atoms with Gasteiger partial charge in [0, 0.05) is 12.1 Å². The van der Waals surface area contributed by atoms with Crippen molar-refractivity contribution in [3.63, 3.8) is 0 Å². The maximum Gasteiger partial charge on any atom is 0.204 e. The summed E-state index contributed by atoms with van der Waals surface area (Å²) in [4.78, 5) is 20.4. The number of benzene rings is 2. The summed E-state index contributed by atoms with van der Waals surface area (Å²) in [6.45, 7) is 0. The molecule has 1 aromatic heterocycles. The fourth-order valence-corrected chi connectivity index (χ4v) is 2.38. The summed E-state index contributed by atoms with van der Waals surface area (Å²) in [5, 5.41) is 19.5. The van der Waals surface area contributed by atoms with Gasteiger partial charge >= 0.3 is 0 Å². The lowest BCUT2D eigenvalue weighted by atomic mass is 10.0. The van der Waals surface area contributed by atoms with E-state index in [9.17, 15) is 15.0 Å². The Morgan fingerprint density at radius 2 is 1.91 bits per heavy atom. The molecule has 0 aliphatic rings. The Balaban J connectivity index is 2.14. The van der Waals surface area contributed by atoms with E-state index in [-0.39, 0.29) is 27.9 Å². The summed E-state index contributed by atoms with van der Waals surface area (Å²) in [6.07, 6.45) is 3.10. The van der Waals surface area contributed by atoms with Crippen LogP contribution in [0, 0.1) is 0 Å². The molecule has 6 nitrogen and oxygen atoms in total. The van der Waals surface area contributed by atoms with Gasteiger partial charge in [-0.25, -0.2) is 0 Å². The lowest BCUT2D eigenvalue weighted by Crippen LogP contribution is -2.09. The van der Waals surface area contributed by atoms with Crippen molar-refractivity contribution in [2.75, 3.05) is 6.26 Å². The van der Waals surface area contributed by atoms with Crippen LogP contribution < -0.4 is 15.2 Å². The minimum Gasteiger partial charge on any atom is -0.508 e. The average Bonchev–Trinajstić information content (AvgIpc) is 2.54. The number of hydrogen-bond donors (Lipinski definition) is 3. The molecule has 0 aliphatic heterocycles. The second-order valence-electron chi connectivity index (χ2n) is 4.73. The lowest BCUT2D eigenvalue weighted by molar-refractivity contribution is 0.284. The van der Waals surface area contributed by atoms with Crippen molar-refractivity contribution in [2.45, 2.75) is 0 Å². The largest absolute Gasteiger partial charge is 0.508 e. The summed E-state index contributed by atoms with van der Waals surface area (Å²) in [7, 11) is 0. The van der Waals surface area contributed by atoms with Gasteiger partial charge in [0.1, 0.15) is 28.7 Å². The molecule has 0 bridgehead atoms. The number of aromatic hydroxyl groups is 2. The van der Waals surface area contributed by atoms with E-state index in [2.05, 4.69) is 4.89 Å². The van der Waals surface area contributed by atoms with Gasteiger partial charge in [0.15, 0.2) is 5.75 Å². The second-order valence-corrected chi connectivity index (χ2v) is 5.31. The van der Waals surface area contributed by atoms with Crippen LogP contribution in [0.5, 0.6) is 17.2 Å². The predicted molar refractivity (Wildman–Crippen MR) is 88.5 cm³/mol. The van der Waals surface area contributed by atoms with Crippen LogP contribution >= 0.6 is 11.9 Å². The van der Waals surface area contributed by atoms with Crippen molar-refractivity contribution in [3.8, 4) is 28.4 Å². The zero-order chi connectivity index (χ0) is 16.4. The summed E-state index contributed by atoms with van der Waals surface area (Å²) in [5.41, 5.74) is 0.736. The summed E-state index contributed by atoms with van der Waals surface area (Å²) >= 11 is 1.25. The molecule has 3 N–H and O–H groups in total. The van der Waals surface area contributed by atoms with Crippen LogP contribution in [-0.4, -0.2) is 16.5 Å². The predicted octanol–water partition coefficient (Wildman–Crippen LogP) is 3.03. The van der Waals surface area contributed by atoms with Gasteiger partial charge in [-0.3, -0.25) is 4.79 Å². The Morgan fingerprint density at radius 3 is 2.61 bits per heavy atom. The van der Waals surface area contributed by atoms with Gasteiger partial charge in [-0.05, 0) is 35.9 Å². The van der Waals surface area contributed by atoms with Gasteiger partial charge in [0.2, 0.25) is 5.43 Å². The Hall–Kier alpha value is -2.64. The number of hydrogen-bond acceptors (Lipinski definition) is 7. The van der Waals surface area contributed by atoms with Crippen LogP contribution in [-0.2, 0) is 0 Å². The van der Waals surface area contributed by atoms with Crippen LogP contribution in [0.4, 0.5) is 0 Å². The van der Waals surface area contributed by atoms with Crippen LogP contribution in [0.25, 0.3) is 22.1 Å². The molecule has 3 rings (SSSR count). The molecule has 0 unspecified atom stereocenters. The van der Waals surface area contributed by atoms with Gasteiger partial charge in [-0.2, -0.15) is 0 Å². The van der Waals surface area contributed by atoms with E-state index in [0.717, 1.165) is 0 Å². The van der Waals surface area contributed by atoms with Crippen molar-refractivity contribution in [3.05, 3.63) is 52.9 Å². The minimum absolute atomic E-state index is 0.0760. The molecule has 0 fully saturated rings. The van der Waals surface area contributed by atoms with E-state index in [0.29, 0.717) is 16.9 Å². The minimum atomic E-state index is -0.362. The summed E-state index contributed by atoms with van der Waals surface area (Å²) in [6, 6.07) is 9.01. The zero-order valence-electron chi connectivity index (χ0n) is 12.1. The Kier molecular flexibility index (Phi) is 4.14. The van der Waals surface area contributed by atoms with Crippen molar-refractivity contribution >= 4 is 22.9 Å². The fraction of sp³-hybridized carbons (Fsp3) is 0.0625. The number of rotatable bonds is 4. The molecule has 7 heteroatoms. The van der Waals surface area contributed by atoms with Gasteiger partial charge < -0.3 is 19.5 Å². The SMILES string of the molecule is CSNOc1cc(O)c2c(=O)c(-c3ccc(O)cc3)coc2c1. The third-order valence-corrected chi connectivity index (χ3v) is 3.50. The third kappa shape index (κ3) is 2.96. The first-order chi connectivity index (χ1) is 11.1. The quantitative estimate of drug-likeness (QED) is 0.500. The van der Waals surface area contributed by atoms with Crippen LogP contribution in [0.15, 0.2) is 51.9 Å². The Morgan fingerprint density at radius 1 is 1.17 bits per heavy atom. The zero-order valence-corrected chi connectivity index (χ0v) is 12.9. The lowest BCUT2D eigenvalue weighted by Gasteiger charge is -2.08. The van der Waals surface area contributed by atoms with Crippen LogP contribution in [0.3, 0.4) is 0 Å². The first-order valence-corrected chi connectivity index (χ1v) is 7.85. The average molecular weight is 331 g/mol. The van der Waals surface area contributed by atoms with Crippen molar-refractivity contribution in [1.29, 1.82) is 0 Å². The van der Waals surface area contributed by atoms with Crippen molar-refractivity contribution < 1.29 is 19.5 Å². The van der Waals surface area contributed by atoms with E-state index in [1.54, 1.807) is 18.4 Å². The standard InChI is InChI=1S/C16H13NO5S/c1-23-17-22-11-6-13(19)15-14(7-11)21-8-12(16(15)20)9-2-4-10(18)5-3-9/h2-8,17-19H,1H3. The van der Waals surface area contributed by atoms with Gasteiger partial charge in [0.25, 0.3) is 0 Å². The van der Waals surface area contributed by atoms with Crippen molar-refractivity contribution in [2.24, 2.45) is 0 Å². The maximum atomic E-state index is 12.6. The molecule has 0 spiro atoms. The summed E-state index contributed by atoms with van der Waals surface area (Å²) in [5.74, 6) is 0.199. The molecule has 3 aromatic rings. The Bertz CT molecular complexity index is 905. The highest BCUT2D eigenvalue weighted by atomic mass is 32.2. The van der Waals surface area contributed by atoms with E-state index in [4.69, 9.17) is 9.25 Å². The first-order valence-electron chi connectivity index (χ1n) is 6.63. The molecule has 0 atom stereocenters. The molecule has 23 heavy (non-hydrogen) atoms. The smallest absolute Gasteiger partial charge is 0.204 e. The number of phenolic OH excluding ortho intramolecular Hbond substituents is 2. The van der Waals surface area contributed by atoms with Gasteiger partial charge in [0.05, 0.1) is 5.56 Å². The Labute approximate surface area is 135 Å². The molecule has 1 heterocycles. The second kappa shape index (κ2) is 6.23. The summed E-state index contributed by atoms with van der Waals surface area (Å²) < 4.78 is 5.47. The highest BCUT2D eigenvalue weighted by Crippen LogP contribution is 2.30. The van der Waals surface area contributed by atoms with E-state index >= 15 is 0 Å². The highest BCUT2D eigenvalue weighted by molar-refractivity contribution is 7.96. The molecular weight excluding hydrogens is 318 g/mol. The van der Waals surface area contributed by atoms with Crippen LogP contribution in [0.2, 0.25) is 0 Å². The normalized spacial score (nSPS) is 10.8. The van der Waals surface area contributed by atoms with Gasteiger partial charge in [-0.1, -0.05) is 17.0 Å². The number of fused-ring (bicyclic) bond motifs is 1. The topological polar surface area (TPSA) is 91.9 Å². The molecule has 0 saturated heterocycles. The van der Waals surface area contributed by atoms with E-state index in [1.165, 1.54) is 42.5 Å². The van der Waals surface area contributed by atoms with Crippen LogP contribution in [0.1, 0.15) is 0 Å². The van der Waals surface area contributed by atoms with Gasteiger partial charge in [-0.15, -0.1) is 0 Å². The molecular formula is C16H13NO5S. The number of nitrogens with one attached hydrogen (secondary N) is 1. The molecule has 2 aromatic carbocycles. The molecule has 118 valence electrons. The highest BCUT2D eigenvalue weighted by Gasteiger charge is 2.14. The third-order valence-electron chi connectivity index (χ3n) is 3.25. The maximum absolute atomic E-state index is 12.6. The first kappa shape index (κ1) is 15.3. The molecule has 0 radical (unpaired) electrons. The fourth-order valence-electron chi connectivity index (χ4n) is 2.20. The number of phenols is 2. The molecule has 0 aliphatic carbocycles. The van der Waals surface area contributed by atoms with E-state index in [1.807, 2.05) is 0 Å². The molecule has 0 saturated carbocycles.